The van der Waals surface area contributed by atoms with E-state index >= 15 is 0 Å². The molecule has 30 heavy (non-hydrogen) atoms. The molecule has 0 saturated heterocycles. The Balaban J connectivity index is 2.20. The van der Waals surface area contributed by atoms with Gasteiger partial charge in [0.15, 0.2) is 20.9 Å². The van der Waals surface area contributed by atoms with Gasteiger partial charge in [0.1, 0.15) is 6.54 Å². The Bertz CT molecular complexity index is 1080. The van der Waals surface area contributed by atoms with E-state index in [0.717, 1.165) is 0 Å². The SMILES string of the molecule is CC(=O)c1cccc(C(=O)NCC(C(=O)NCC#N)S(=O)(=O)Cc2ccccc2)c1. The van der Waals surface area contributed by atoms with Gasteiger partial charge >= 0.3 is 0 Å². The minimum atomic E-state index is -3.99. The van der Waals surface area contributed by atoms with Gasteiger partial charge in [0.25, 0.3) is 5.91 Å². The van der Waals surface area contributed by atoms with Crippen LogP contribution in [0.5, 0.6) is 0 Å². The highest BCUT2D eigenvalue weighted by molar-refractivity contribution is 7.92. The number of sulfone groups is 1. The first kappa shape index (κ1) is 22.8. The zero-order valence-corrected chi connectivity index (χ0v) is 17.1. The summed E-state index contributed by atoms with van der Waals surface area (Å²) in [4.78, 5) is 36.3. The van der Waals surface area contributed by atoms with Gasteiger partial charge in [-0.3, -0.25) is 14.4 Å². The summed E-state index contributed by atoms with van der Waals surface area (Å²) in [6.07, 6.45) is 0. The van der Waals surface area contributed by atoms with E-state index in [0.29, 0.717) is 11.1 Å². The van der Waals surface area contributed by atoms with Crippen molar-refractivity contribution in [3.63, 3.8) is 0 Å². The molecule has 2 N–H and O–H groups in total. The fourth-order valence-corrected chi connectivity index (χ4v) is 4.30. The average Bonchev–Trinajstić information content (AvgIpc) is 2.72. The molecule has 1 unspecified atom stereocenters. The van der Waals surface area contributed by atoms with Gasteiger partial charge in [-0.15, -0.1) is 0 Å². The molecule has 0 aliphatic heterocycles. The molecule has 2 aromatic carbocycles. The maximum absolute atomic E-state index is 12.9. The molecule has 0 heterocycles. The van der Waals surface area contributed by atoms with Crippen molar-refractivity contribution in [3.05, 3.63) is 71.3 Å². The van der Waals surface area contributed by atoms with Crippen LogP contribution in [0.15, 0.2) is 54.6 Å². The molecule has 0 radical (unpaired) electrons. The largest absolute Gasteiger partial charge is 0.350 e. The first-order valence-electron chi connectivity index (χ1n) is 9.04. The van der Waals surface area contributed by atoms with Gasteiger partial charge < -0.3 is 10.6 Å². The molecule has 0 fully saturated rings. The number of Topliss-reactive ketones (excluding diaryl/α,β-unsaturated/α-hetero) is 1. The van der Waals surface area contributed by atoms with Crippen molar-refractivity contribution < 1.29 is 22.8 Å². The van der Waals surface area contributed by atoms with E-state index in [1.165, 1.54) is 25.1 Å². The molecule has 156 valence electrons. The minimum Gasteiger partial charge on any atom is -0.350 e. The lowest BCUT2D eigenvalue weighted by Crippen LogP contribution is -2.47. The Morgan fingerprint density at radius 1 is 1.00 bits per heavy atom. The number of hydrogen-bond donors (Lipinski definition) is 2. The van der Waals surface area contributed by atoms with Crippen LogP contribution in [0.1, 0.15) is 33.2 Å². The normalized spacial score (nSPS) is 11.7. The second-order valence-corrected chi connectivity index (χ2v) is 8.69. The van der Waals surface area contributed by atoms with Gasteiger partial charge in [-0.05, 0) is 24.6 Å². The van der Waals surface area contributed by atoms with Crippen LogP contribution in [0.4, 0.5) is 0 Å². The van der Waals surface area contributed by atoms with E-state index in [-0.39, 0.29) is 17.9 Å². The van der Waals surface area contributed by atoms with Crippen molar-refractivity contribution in [2.45, 2.75) is 17.9 Å². The summed E-state index contributed by atoms with van der Waals surface area (Å²) in [6, 6.07) is 16.0. The van der Waals surface area contributed by atoms with Gasteiger partial charge in [-0.25, -0.2) is 8.42 Å². The van der Waals surface area contributed by atoms with Crippen LogP contribution in [0.2, 0.25) is 0 Å². The van der Waals surface area contributed by atoms with Crippen LogP contribution in [0.3, 0.4) is 0 Å². The smallest absolute Gasteiger partial charge is 0.251 e. The number of ketones is 1. The van der Waals surface area contributed by atoms with Gasteiger partial charge in [0, 0.05) is 17.7 Å². The van der Waals surface area contributed by atoms with Crippen LogP contribution in [-0.2, 0) is 20.4 Å². The number of carbonyl (C=O) groups is 3. The van der Waals surface area contributed by atoms with Crippen LogP contribution in [0, 0.1) is 11.3 Å². The second kappa shape index (κ2) is 10.3. The van der Waals surface area contributed by atoms with Gasteiger partial charge in [-0.2, -0.15) is 5.26 Å². The summed E-state index contributed by atoms with van der Waals surface area (Å²) in [5.74, 6) is -2.10. The maximum Gasteiger partial charge on any atom is 0.251 e. The molecule has 0 bridgehead atoms. The third-order valence-electron chi connectivity index (χ3n) is 4.26. The molecule has 9 heteroatoms. The Morgan fingerprint density at radius 3 is 2.30 bits per heavy atom. The lowest BCUT2D eigenvalue weighted by molar-refractivity contribution is -0.120. The number of benzene rings is 2. The van der Waals surface area contributed by atoms with Gasteiger partial charge in [0.05, 0.1) is 11.8 Å². The lowest BCUT2D eigenvalue weighted by Gasteiger charge is -2.18. The van der Waals surface area contributed by atoms with Gasteiger partial charge in [-0.1, -0.05) is 42.5 Å². The number of nitrogens with zero attached hydrogens (tertiary/aromatic N) is 1. The quantitative estimate of drug-likeness (QED) is 0.457. The van der Waals surface area contributed by atoms with E-state index in [4.69, 9.17) is 5.26 Å². The Kier molecular flexibility index (Phi) is 7.83. The number of rotatable bonds is 9. The predicted octanol–water partition coefficient (Wildman–Crippen LogP) is 1.24. The topological polar surface area (TPSA) is 133 Å². The summed E-state index contributed by atoms with van der Waals surface area (Å²) in [6.45, 7) is 0.531. The molecular weight excluding hydrogens is 406 g/mol. The highest BCUT2D eigenvalue weighted by Crippen LogP contribution is 2.12. The summed E-state index contributed by atoms with van der Waals surface area (Å²) in [7, 11) is -3.99. The van der Waals surface area contributed by atoms with E-state index in [1.54, 1.807) is 42.5 Å². The highest BCUT2D eigenvalue weighted by Gasteiger charge is 2.33. The lowest BCUT2D eigenvalue weighted by atomic mass is 10.1. The number of carbonyl (C=O) groups excluding carboxylic acids is 3. The zero-order valence-electron chi connectivity index (χ0n) is 16.3. The van der Waals surface area contributed by atoms with Gasteiger partial charge in [0.2, 0.25) is 5.91 Å². The Morgan fingerprint density at radius 2 is 1.67 bits per heavy atom. The zero-order chi connectivity index (χ0) is 22.1. The third kappa shape index (κ3) is 6.25. The maximum atomic E-state index is 12.9. The molecule has 0 aliphatic carbocycles. The molecule has 2 rings (SSSR count). The van der Waals surface area contributed by atoms with E-state index < -0.39 is 39.2 Å². The van der Waals surface area contributed by atoms with Crippen LogP contribution >= 0.6 is 0 Å². The Hall–Kier alpha value is -3.51. The molecule has 8 nitrogen and oxygen atoms in total. The highest BCUT2D eigenvalue weighted by atomic mass is 32.2. The second-order valence-electron chi connectivity index (χ2n) is 6.50. The van der Waals surface area contributed by atoms with E-state index in [9.17, 15) is 22.8 Å². The van der Waals surface area contributed by atoms with Crippen molar-refractivity contribution in [2.75, 3.05) is 13.1 Å². The molecule has 1 atom stereocenters. The molecule has 2 amide bonds. The summed E-state index contributed by atoms with van der Waals surface area (Å²) < 4.78 is 25.7. The van der Waals surface area contributed by atoms with Crippen LogP contribution in [-0.4, -0.2) is 44.4 Å². The predicted molar refractivity (Wildman–Crippen MR) is 110 cm³/mol. The first-order chi connectivity index (χ1) is 14.2. The molecular formula is C21H21N3O5S. The number of nitrogens with one attached hydrogen (secondary N) is 2. The number of amides is 2. The monoisotopic (exact) mass is 427 g/mol. The molecule has 2 aromatic rings. The number of hydrogen-bond acceptors (Lipinski definition) is 6. The van der Waals surface area contributed by atoms with Crippen molar-refractivity contribution in [1.82, 2.24) is 10.6 Å². The van der Waals surface area contributed by atoms with Crippen molar-refractivity contribution in [2.24, 2.45) is 0 Å². The Labute approximate surface area is 174 Å². The summed E-state index contributed by atoms with van der Waals surface area (Å²) in [5.41, 5.74) is 0.998. The average molecular weight is 427 g/mol. The van der Waals surface area contributed by atoms with Crippen molar-refractivity contribution >= 4 is 27.4 Å². The fourth-order valence-electron chi connectivity index (χ4n) is 2.70. The minimum absolute atomic E-state index is 0.166. The first-order valence-corrected chi connectivity index (χ1v) is 10.8. The standard InChI is InChI=1S/C21H21N3O5S/c1-15(25)17-8-5-9-18(12-17)20(26)24-13-19(21(27)23-11-10-22)30(28,29)14-16-6-3-2-4-7-16/h2-9,12,19H,11,13-14H2,1H3,(H,23,27)(H,24,26). The van der Waals surface area contributed by atoms with Crippen LogP contribution < -0.4 is 10.6 Å². The van der Waals surface area contributed by atoms with E-state index in [2.05, 4.69) is 10.6 Å². The molecule has 0 spiro atoms. The number of nitriles is 1. The van der Waals surface area contributed by atoms with Crippen molar-refractivity contribution in [3.8, 4) is 6.07 Å². The van der Waals surface area contributed by atoms with Crippen molar-refractivity contribution in [1.29, 1.82) is 5.26 Å². The van der Waals surface area contributed by atoms with Crippen LogP contribution in [0.25, 0.3) is 0 Å². The summed E-state index contributed by atoms with van der Waals surface area (Å²) >= 11 is 0. The molecule has 0 aliphatic rings. The third-order valence-corrected chi connectivity index (χ3v) is 6.24. The fraction of sp³-hybridized carbons (Fsp3) is 0.238. The summed E-state index contributed by atoms with van der Waals surface area (Å²) in [5, 5.41) is 11.8. The molecule has 0 aromatic heterocycles. The molecule has 0 saturated carbocycles. The van der Waals surface area contributed by atoms with E-state index in [1.807, 2.05) is 0 Å².